The highest BCUT2D eigenvalue weighted by Gasteiger charge is 2.35. The molecule has 116 valence electrons. The molecule has 0 radical (unpaired) electrons. The molecule has 0 spiro atoms. The maximum atomic E-state index is 11.6. The Bertz CT molecular complexity index is 332. The SMILES string of the molecule is CC(C)(C)OC(=O)NC1CCC1NC(=O)OC(C)(C)C. The van der Waals surface area contributed by atoms with Crippen molar-refractivity contribution < 1.29 is 19.1 Å². The van der Waals surface area contributed by atoms with Crippen LogP contribution in [-0.2, 0) is 9.47 Å². The number of hydrogen-bond donors (Lipinski definition) is 2. The third kappa shape index (κ3) is 6.12. The maximum absolute atomic E-state index is 11.6. The Morgan fingerprint density at radius 3 is 1.30 bits per heavy atom. The summed E-state index contributed by atoms with van der Waals surface area (Å²) < 4.78 is 10.4. The van der Waals surface area contributed by atoms with Gasteiger partial charge in [0.25, 0.3) is 0 Å². The molecule has 0 aromatic rings. The molecular weight excluding hydrogens is 260 g/mol. The van der Waals surface area contributed by atoms with Crippen LogP contribution in [0.3, 0.4) is 0 Å². The largest absolute Gasteiger partial charge is 0.444 e. The van der Waals surface area contributed by atoms with Crippen LogP contribution in [0.2, 0.25) is 0 Å². The Hall–Kier alpha value is -1.46. The van der Waals surface area contributed by atoms with Gasteiger partial charge in [0.05, 0.1) is 12.1 Å². The molecule has 6 heteroatoms. The van der Waals surface area contributed by atoms with E-state index < -0.39 is 23.4 Å². The highest BCUT2D eigenvalue weighted by molar-refractivity contribution is 5.70. The van der Waals surface area contributed by atoms with Crippen molar-refractivity contribution in [2.75, 3.05) is 0 Å². The van der Waals surface area contributed by atoms with Crippen molar-refractivity contribution in [2.24, 2.45) is 0 Å². The normalized spacial score (nSPS) is 22.5. The van der Waals surface area contributed by atoms with Crippen molar-refractivity contribution in [1.82, 2.24) is 10.6 Å². The molecule has 2 atom stereocenters. The van der Waals surface area contributed by atoms with E-state index in [9.17, 15) is 9.59 Å². The van der Waals surface area contributed by atoms with E-state index in [-0.39, 0.29) is 12.1 Å². The first-order chi connectivity index (χ1) is 8.96. The number of nitrogens with one attached hydrogen (secondary N) is 2. The van der Waals surface area contributed by atoms with E-state index in [1.54, 1.807) is 0 Å². The van der Waals surface area contributed by atoms with E-state index in [4.69, 9.17) is 9.47 Å². The monoisotopic (exact) mass is 286 g/mol. The molecule has 2 N–H and O–H groups in total. The van der Waals surface area contributed by atoms with E-state index in [0.717, 1.165) is 12.8 Å². The van der Waals surface area contributed by atoms with Crippen LogP contribution in [0.25, 0.3) is 0 Å². The molecule has 20 heavy (non-hydrogen) atoms. The summed E-state index contributed by atoms with van der Waals surface area (Å²) in [4.78, 5) is 23.3. The summed E-state index contributed by atoms with van der Waals surface area (Å²) in [5.74, 6) is 0. The molecule has 2 unspecified atom stereocenters. The van der Waals surface area contributed by atoms with Crippen LogP contribution < -0.4 is 10.6 Å². The van der Waals surface area contributed by atoms with Gasteiger partial charge in [0.1, 0.15) is 11.2 Å². The molecule has 6 nitrogen and oxygen atoms in total. The Labute approximate surface area is 120 Å². The average Bonchev–Trinajstić information content (AvgIpc) is 2.16. The van der Waals surface area contributed by atoms with Crippen LogP contribution in [0.5, 0.6) is 0 Å². The molecule has 1 saturated carbocycles. The molecule has 1 fully saturated rings. The van der Waals surface area contributed by atoms with E-state index >= 15 is 0 Å². The van der Waals surface area contributed by atoms with Crippen LogP contribution in [0, 0.1) is 0 Å². The van der Waals surface area contributed by atoms with Gasteiger partial charge >= 0.3 is 12.2 Å². The smallest absolute Gasteiger partial charge is 0.407 e. The summed E-state index contributed by atoms with van der Waals surface area (Å²) in [6.07, 6.45) is 0.718. The van der Waals surface area contributed by atoms with Gasteiger partial charge in [-0.1, -0.05) is 0 Å². The zero-order chi connectivity index (χ0) is 15.6. The fraction of sp³-hybridized carbons (Fsp3) is 0.857. The zero-order valence-electron chi connectivity index (χ0n) is 13.2. The molecular formula is C14H26N2O4. The molecule has 0 aromatic heterocycles. The van der Waals surface area contributed by atoms with Crippen LogP contribution in [0.15, 0.2) is 0 Å². The van der Waals surface area contributed by atoms with Crippen LogP contribution >= 0.6 is 0 Å². The summed E-state index contributed by atoms with van der Waals surface area (Å²) in [5, 5.41) is 5.52. The summed E-state index contributed by atoms with van der Waals surface area (Å²) in [5.41, 5.74) is -1.05. The van der Waals surface area contributed by atoms with Crippen LogP contribution in [0.4, 0.5) is 9.59 Å². The number of carbonyl (C=O) groups excluding carboxylic acids is 2. The highest BCUT2D eigenvalue weighted by Crippen LogP contribution is 2.21. The third-order valence-corrected chi connectivity index (χ3v) is 2.68. The number of carbonyl (C=O) groups is 2. The third-order valence-electron chi connectivity index (χ3n) is 2.68. The number of rotatable bonds is 2. The van der Waals surface area contributed by atoms with Gasteiger partial charge in [-0.25, -0.2) is 9.59 Å². The van der Waals surface area contributed by atoms with Gasteiger partial charge in [-0.3, -0.25) is 0 Å². The van der Waals surface area contributed by atoms with E-state index in [2.05, 4.69) is 10.6 Å². The van der Waals surface area contributed by atoms with Crippen LogP contribution in [0.1, 0.15) is 54.4 Å². The minimum Gasteiger partial charge on any atom is -0.444 e. The predicted octanol–water partition coefficient (Wildman–Crippen LogP) is 2.57. The first-order valence-electron chi connectivity index (χ1n) is 6.95. The molecule has 1 aliphatic rings. The Kier molecular flexibility index (Phi) is 4.89. The van der Waals surface area contributed by atoms with Gasteiger partial charge in [-0.05, 0) is 54.4 Å². The van der Waals surface area contributed by atoms with E-state index in [1.807, 2.05) is 41.5 Å². The standard InChI is InChI=1S/C14H26N2O4/c1-13(2,3)19-11(17)15-9-7-8-10(9)16-12(18)20-14(4,5)6/h9-10H,7-8H2,1-6H3,(H,15,17)(H,16,18). The van der Waals surface area contributed by atoms with Gasteiger partial charge in [0, 0.05) is 0 Å². The van der Waals surface area contributed by atoms with Gasteiger partial charge < -0.3 is 20.1 Å². The van der Waals surface area contributed by atoms with Gasteiger partial charge in [-0.2, -0.15) is 0 Å². The van der Waals surface area contributed by atoms with Crippen molar-refractivity contribution in [2.45, 2.75) is 77.7 Å². The topological polar surface area (TPSA) is 76.7 Å². The fourth-order valence-corrected chi connectivity index (χ4v) is 1.76. The van der Waals surface area contributed by atoms with E-state index in [0.29, 0.717) is 0 Å². The molecule has 0 aromatic carbocycles. The number of hydrogen-bond acceptors (Lipinski definition) is 4. The van der Waals surface area contributed by atoms with Crippen molar-refractivity contribution in [3.63, 3.8) is 0 Å². The highest BCUT2D eigenvalue weighted by atomic mass is 16.6. The molecule has 0 bridgehead atoms. The lowest BCUT2D eigenvalue weighted by molar-refractivity contribution is 0.0369. The lowest BCUT2D eigenvalue weighted by Crippen LogP contribution is -2.59. The summed E-state index contributed by atoms with van der Waals surface area (Å²) in [6.45, 7) is 10.9. The van der Waals surface area contributed by atoms with Crippen molar-refractivity contribution in [3.05, 3.63) is 0 Å². The number of amides is 2. The maximum Gasteiger partial charge on any atom is 0.407 e. The lowest BCUT2D eigenvalue weighted by atomic mass is 9.86. The van der Waals surface area contributed by atoms with Crippen molar-refractivity contribution >= 4 is 12.2 Å². The predicted molar refractivity (Wildman–Crippen MR) is 75.5 cm³/mol. The molecule has 1 aliphatic carbocycles. The summed E-state index contributed by atoms with van der Waals surface area (Å²) in [7, 11) is 0. The summed E-state index contributed by atoms with van der Waals surface area (Å²) in [6, 6.07) is -0.199. The minimum atomic E-state index is -0.526. The van der Waals surface area contributed by atoms with Crippen molar-refractivity contribution in [3.8, 4) is 0 Å². The van der Waals surface area contributed by atoms with Gasteiger partial charge in [0.2, 0.25) is 0 Å². The summed E-state index contributed by atoms with van der Waals surface area (Å²) >= 11 is 0. The zero-order valence-corrected chi connectivity index (χ0v) is 13.2. The molecule has 0 heterocycles. The lowest BCUT2D eigenvalue weighted by Gasteiger charge is -2.38. The van der Waals surface area contributed by atoms with Gasteiger partial charge in [-0.15, -0.1) is 0 Å². The molecule has 0 saturated heterocycles. The molecule has 0 aliphatic heterocycles. The minimum absolute atomic E-state index is 0.0997. The Morgan fingerprint density at radius 1 is 0.800 bits per heavy atom. The van der Waals surface area contributed by atoms with Gasteiger partial charge in [0.15, 0.2) is 0 Å². The second-order valence-corrected chi connectivity index (χ2v) is 7.08. The number of ether oxygens (including phenoxy) is 2. The number of alkyl carbamates (subject to hydrolysis) is 2. The fourth-order valence-electron chi connectivity index (χ4n) is 1.76. The quantitative estimate of drug-likeness (QED) is 0.818. The first kappa shape index (κ1) is 16.6. The average molecular weight is 286 g/mol. The molecule has 1 rings (SSSR count). The van der Waals surface area contributed by atoms with Crippen LogP contribution in [-0.4, -0.2) is 35.5 Å². The second kappa shape index (κ2) is 5.89. The van der Waals surface area contributed by atoms with Crippen molar-refractivity contribution in [1.29, 1.82) is 0 Å². The molecule has 2 amide bonds. The Morgan fingerprint density at radius 2 is 1.10 bits per heavy atom. The first-order valence-corrected chi connectivity index (χ1v) is 6.95. The van der Waals surface area contributed by atoms with E-state index in [1.165, 1.54) is 0 Å². The Balaban J connectivity index is 2.36. The second-order valence-electron chi connectivity index (χ2n) is 7.08.